The van der Waals surface area contributed by atoms with Gasteiger partial charge in [-0.05, 0) is 39.8 Å². The number of nitrogens with zero attached hydrogens (tertiary/aromatic N) is 5. The Morgan fingerprint density at radius 3 is 2.76 bits per heavy atom. The lowest BCUT2D eigenvalue weighted by molar-refractivity contribution is -0.121. The van der Waals surface area contributed by atoms with Gasteiger partial charge in [-0.15, -0.1) is 0 Å². The van der Waals surface area contributed by atoms with Gasteiger partial charge in [0.05, 0.1) is 17.9 Å². The van der Waals surface area contributed by atoms with E-state index in [9.17, 15) is 4.79 Å². The van der Waals surface area contributed by atoms with E-state index >= 15 is 0 Å². The van der Waals surface area contributed by atoms with Gasteiger partial charge in [0.15, 0.2) is 5.82 Å². The number of amides is 1. The summed E-state index contributed by atoms with van der Waals surface area (Å²) < 4.78 is 7.15. The third-order valence-electron chi connectivity index (χ3n) is 4.83. The van der Waals surface area contributed by atoms with Gasteiger partial charge in [-0.2, -0.15) is 10.1 Å². The molecule has 1 amide bonds. The number of carbonyl (C=O) groups is 1. The number of carbonyl (C=O) groups excluding carboxylic acids is 1. The predicted molar refractivity (Wildman–Crippen MR) is 92.9 cm³/mol. The molecular formula is C17H26N6O2. The molecule has 3 heterocycles. The van der Waals surface area contributed by atoms with E-state index < -0.39 is 0 Å². The van der Waals surface area contributed by atoms with Crippen LogP contribution in [0.1, 0.15) is 51.4 Å². The Kier molecular flexibility index (Phi) is 5.47. The fourth-order valence-electron chi connectivity index (χ4n) is 3.13. The Balaban J connectivity index is 1.51. The second-order valence-electron chi connectivity index (χ2n) is 6.46. The first-order chi connectivity index (χ1) is 12.1. The van der Waals surface area contributed by atoms with Crippen LogP contribution in [-0.2, 0) is 17.8 Å². The van der Waals surface area contributed by atoms with E-state index in [1.165, 1.54) is 0 Å². The molecule has 0 saturated carbocycles. The highest BCUT2D eigenvalue weighted by molar-refractivity contribution is 5.92. The monoisotopic (exact) mass is 346 g/mol. The van der Waals surface area contributed by atoms with Crippen molar-refractivity contribution in [1.82, 2.24) is 24.8 Å². The van der Waals surface area contributed by atoms with Crippen LogP contribution in [0.15, 0.2) is 16.9 Å². The standard InChI is InChI=1S/C17H26N6O2/c1-4-15-20-17(25-21-15)12(3)22-8-6-13(7-9-22)16(24)19-14-10-18-23(5-2)11-14/h10-13H,4-9H2,1-3H3,(H,19,24)/t12-/m1/s1. The van der Waals surface area contributed by atoms with Gasteiger partial charge in [-0.1, -0.05) is 12.1 Å². The first-order valence-corrected chi connectivity index (χ1v) is 9.00. The molecule has 8 nitrogen and oxygen atoms in total. The Morgan fingerprint density at radius 2 is 2.16 bits per heavy atom. The molecule has 1 fully saturated rings. The average molecular weight is 346 g/mol. The first-order valence-electron chi connectivity index (χ1n) is 9.00. The number of piperidine rings is 1. The first kappa shape index (κ1) is 17.6. The van der Waals surface area contributed by atoms with Gasteiger partial charge in [0.1, 0.15) is 0 Å². The van der Waals surface area contributed by atoms with E-state index in [4.69, 9.17) is 4.52 Å². The largest absolute Gasteiger partial charge is 0.338 e. The summed E-state index contributed by atoms with van der Waals surface area (Å²) in [5, 5.41) is 11.1. The van der Waals surface area contributed by atoms with Crippen molar-refractivity contribution in [3.8, 4) is 0 Å². The summed E-state index contributed by atoms with van der Waals surface area (Å²) >= 11 is 0. The summed E-state index contributed by atoms with van der Waals surface area (Å²) in [5.74, 6) is 1.51. The van der Waals surface area contributed by atoms with Crippen molar-refractivity contribution in [3.05, 3.63) is 24.1 Å². The summed E-state index contributed by atoms with van der Waals surface area (Å²) in [6.07, 6.45) is 5.97. The van der Waals surface area contributed by atoms with Crippen molar-refractivity contribution in [2.24, 2.45) is 5.92 Å². The smallest absolute Gasteiger partial charge is 0.243 e. The van der Waals surface area contributed by atoms with Crippen LogP contribution in [0.2, 0.25) is 0 Å². The SMILES string of the molecule is CCc1noc([C@@H](C)N2CCC(C(=O)Nc3cnn(CC)c3)CC2)n1. The summed E-state index contributed by atoms with van der Waals surface area (Å²) in [5.41, 5.74) is 0.764. The average Bonchev–Trinajstić information content (AvgIpc) is 3.30. The zero-order valence-corrected chi connectivity index (χ0v) is 15.1. The molecule has 0 aliphatic carbocycles. The number of rotatable bonds is 6. The summed E-state index contributed by atoms with van der Waals surface area (Å²) in [4.78, 5) is 19.2. The maximum atomic E-state index is 12.4. The van der Waals surface area contributed by atoms with Crippen LogP contribution in [0.25, 0.3) is 0 Å². The third kappa shape index (κ3) is 4.07. The summed E-state index contributed by atoms with van der Waals surface area (Å²) in [7, 11) is 0. The Hall–Kier alpha value is -2.22. The normalized spacial score (nSPS) is 17.6. The molecule has 0 radical (unpaired) electrons. The fraction of sp³-hybridized carbons (Fsp3) is 0.647. The van der Waals surface area contributed by atoms with Gasteiger partial charge in [-0.25, -0.2) is 0 Å². The molecule has 3 rings (SSSR count). The molecule has 1 aliphatic heterocycles. The van der Waals surface area contributed by atoms with Crippen LogP contribution < -0.4 is 5.32 Å². The number of aromatic nitrogens is 4. The lowest BCUT2D eigenvalue weighted by Gasteiger charge is -2.33. The zero-order valence-electron chi connectivity index (χ0n) is 15.1. The lowest BCUT2D eigenvalue weighted by atomic mass is 9.95. The number of anilines is 1. The molecule has 2 aromatic heterocycles. The van der Waals surface area contributed by atoms with Crippen LogP contribution in [0.3, 0.4) is 0 Å². The highest BCUT2D eigenvalue weighted by Crippen LogP contribution is 2.26. The minimum absolute atomic E-state index is 0.0299. The number of nitrogens with one attached hydrogen (secondary N) is 1. The van der Waals surface area contributed by atoms with Crippen molar-refractivity contribution < 1.29 is 9.32 Å². The molecule has 0 unspecified atom stereocenters. The van der Waals surface area contributed by atoms with Crippen LogP contribution in [0.4, 0.5) is 5.69 Å². The van der Waals surface area contributed by atoms with E-state index in [2.05, 4.69) is 32.4 Å². The molecule has 0 bridgehead atoms. The summed E-state index contributed by atoms with van der Waals surface area (Å²) in [6.45, 7) is 8.58. The molecule has 25 heavy (non-hydrogen) atoms. The summed E-state index contributed by atoms with van der Waals surface area (Å²) in [6, 6.07) is 0.0830. The molecule has 8 heteroatoms. The van der Waals surface area contributed by atoms with Gasteiger partial charge in [0, 0.05) is 25.1 Å². The maximum Gasteiger partial charge on any atom is 0.243 e. The van der Waals surface area contributed by atoms with E-state index in [1.54, 1.807) is 10.9 Å². The lowest BCUT2D eigenvalue weighted by Crippen LogP contribution is -2.39. The molecule has 2 aromatic rings. The maximum absolute atomic E-state index is 12.4. The second-order valence-corrected chi connectivity index (χ2v) is 6.46. The van der Waals surface area contributed by atoms with Crippen molar-refractivity contribution in [1.29, 1.82) is 0 Å². The quantitative estimate of drug-likeness (QED) is 0.863. The van der Waals surface area contributed by atoms with E-state index in [0.717, 1.165) is 50.4 Å². The van der Waals surface area contributed by atoms with Crippen LogP contribution in [0, 0.1) is 5.92 Å². The molecular weight excluding hydrogens is 320 g/mol. The highest BCUT2D eigenvalue weighted by Gasteiger charge is 2.29. The van der Waals surface area contributed by atoms with Gasteiger partial charge in [0.2, 0.25) is 11.8 Å². The van der Waals surface area contributed by atoms with Crippen molar-refractivity contribution >= 4 is 11.6 Å². The Morgan fingerprint density at radius 1 is 1.40 bits per heavy atom. The molecule has 0 aromatic carbocycles. The Labute approximate surface area is 147 Å². The minimum atomic E-state index is 0.0299. The van der Waals surface area contributed by atoms with Crippen LogP contribution in [0.5, 0.6) is 0 Å². The van der Waals surface area contributed by atoms with Crippen molar-refractivity contribution in [2.75, 3.05) is 18.4 Å². The topological polar surface area (TPSA) is 89.1 Å². The zero-order chi connectivity index (χ0) is 17.8. The molecule has 1 N–H and O–H groups in total. The van der Waals surface area contributed by atoms with Gasteiger partial charge in [-0.3, -0.25) is 14.4 Å². The molecule has 1 atom stereocenters. The van der Waals surface area contributed by atoms with E-state index in [0.29, 0.717) is 5.89 Å². The number of likely N-dealkylation sites (tertiary alicyclic amines) is 1. The Bertz CT molecular complexity index is 702. The molecule has 1 saturated heterocycles. The molecule has 136 valence electrons. The van der Waals surface area contributed by atoms with E-state index in [1.807, 2.05) is 20.0 Å². The minimum Gasteiger partial charge on any atom is -0.338 e. The van der Waals surface area contributed by atoms with Gasteiger partial charge < -0.3 is 9.84 Å². The van der Waals surface area contributed by atoms with Crippen molar-refractivity contribution in [3.63, 3.8) is 0 Å². The van der Waals surface area contributed by atoms with Crippen LogP contribution >= 0.6 is 0 Å². The highest BCUT2D eigenvalue weighted by atomic mass is 16.5. The number of hydrogen-bond acceptors (Lipinski definition) is 6. The predicted octanol–water partition coefficient (Wildman–Crippen LogP) is 2.26. The van der Waals surface area contributed by atoms with Crippen molar-refractivity contribution in [2.45, 2.75) is 52.6 Å². The fourth-order valence-corrected chi connectivity index (χ4v) is 3.13. The van der Waals surface area contributed by atoms with Gasteiger partial charge >= 0.3 is 0 Å². The number of aryl methyl sites for hydroxylation is 2. The molecule has 0 spiro atoms. The third-order valence-corrected chi connectivity index (χ3v) is 4.83. The number of hydrogen-bond donors (Lipinski definition) is 1. The second kappa shape index (κ2) is 7.77. The van der Waals surface area contributed by atoms with E-state index in [-0.39, 0.29) is 17.9 Å². The molecule has 1 aliphatic rings. The van der Waals surface area contributed by atoms with Crippen LogP contribution in [-0.4, -0.2) is 43.8 Å². The van der Waals surface area contributed by atoms with Gasteiger partial charge in [0.25, 0.3) is 0 Å².